The minimum atomic E-state index is -0.374. The molecule has 0 unspecified atom stereocenters. The maximum atomic E-state index is 12.0. The van der Waals surface area contributed by atoms with E-state index in [9.17, 15) is 9.90 Å². The number of carbonyl (C=O) groups excluding carboxylic acids is 1. The lowest BCUT2D eigenvalue weighted by molar-refractivity contribution is 0.162. The average Bonchev–Trinajstić information content (AvgIpc) is 2.93. The number of rotatable bonds is 4. The molecule has 0 fully saturated rings. The number of carbonyl (C=O) groups is 1. The number of anilines is 1. The molecule has 6 nitrogen and oxygen atoms in total. The van der Waals surface area contributed by atoms with Crippen molar-refractivity contribution in [1.29, 1.82) is 0 Å². The van der Waals surface area contributed by atoms with E-state index in [0.717, 1.165) is 11.3 Å². The number of thiazole rings is 1. The van der Waals surface area contributed by atoms with Gasteiger partial charge in [0.15, 0.2) is 5.13 Å². The van der Waals surface area contributed by atoms with Crippen LogP contribution in [-0.4, -0.2) is 33.8 Å². The third kappa shape index (κ3) is 4.25. The van der Waals surface area contributed by atoms with Gasteiger partial charge in [-0.15, -0.1) is 11.3 Å². The third-order valence-electron chi connectivity index (χ3n) is 3.22. The molecule has 1 atom stereocenters. The van der Waals surface area contributed by atoms with E-state index in [1.54, 1.807) is 12.4 Å². The predicted octanol–water partition coefficient (Wildman–Crippen LogP) is 2.73. The number of aliphatic hydroxyl groups excluding tert-OH is 1. The maximum Gasteiger partial charge on any atom is 0.321 e. The van der Waals surface area contributed by atoms with E-state index in [0.29, 0.717) is 5.13 Å². The van der Waals surface area contributed by atoms with Gasteiger partial charge in [-0.25, -0.2) is 9.78 Å². The van der Waals surface area contributed by atoms with Crippen molar-refractivity contribution in [2.75, 3.05) is 11.9 Å². The summed E-state index contributed by atoms with van der Waals surface area (Å²) in [5.74, 6) is 0. The molecule has 2 heterocycles. The van der Waals surface area contributed by atoms with Crippen LogP contribution in [0.3, 0.4) is 0 Å². The topological polar surface area (TPSA) is 87.1 Å². The molecule has 0 bridgehead atoms. The van der Waals surface area contributed by atoms with Crippen LogP contribution in [0, 0.1) is 5.41 Å². The predicted molar refractivity (Wildman–Crippen MR) is 87.8 cm³/mol. The molecule has 3 N–H and O–H groups in total. The summed E-state index contributed by atoms with van der Waals surface area (Å²) in [4.78, 5) is 20.4. The largest absolute Gasteiger partial charge is 0.394 e. The first-order chi connectivity index (χ1) is 10.4. The SMILES string of the molecule is CC(C)(C)[C@@H](CO)NC(=O)Nc1nc(-c2cccnc2)cs1. The Morgan fingerprint density at radius 1 is 1.45 bits per heavy atom. The molecule has 2 aromatic rings. The summed E-state index contributed by atoms with van der Waals surface area (Å²) in [6.07, 6.45) is 3.42. The van der Waals surface area contributed by atoms with Crippen LogP contribution in [0.15, 0.2) is 29.9 Å². The fraction of sp³-hybridized carbons (Fsp3) is 0.400. The van der Waals surface area contributed by atoms with Gasteiger partial charge >= 0.3 is 6.03 Å². The second-order valence-corrected chi connectivity index (χ2v) is 6.84. The minimum absolute atomic E-state index is 0.115. The number of aliphatic hydroxyl groups is 1. The highest BCUT2D eigenvalue weighted by molar-refractivity contribution is 7.14. The monoisotopic (exact) mass is 320 g/mol. The molecule has 2 amide bonds. The Morgan fingerprint density at radius 3 is 2.82 bits per heavy atom. The number of hydrogen-bond donors (Lipinski definition) is 3. The molecule has 2 rings (SSSR count). The molecule has 0 aromatic carbocycles. The molecule has 2 aromatic heterocycles. The molecule has 0 aliphatic heterocycles. The lowest BCUT2D eigenvalue weighted by atomic mass is 9.87. The first-order valence-corrected chi connectivity index (χ1v) is 7.82. The quantitative estimate of drug-likeness (QED) is 0.808. The zero-order valence-electron chi connectivity index (χ0n) is 12.8. The second-order valence-electron chi connectivity index (χ2n) is 5.98. The van der Waals surface area contributed by atoms with Gasteiger partial charge < -0.3 is 10.4 Å². The van der Waals surface area contributed by atoms with E-state index in [4.69, 9.17) is 0 Å². The van der Waals surface area contributed by atoms with Gasteiger partial charge in [-0.05, 0) is 17.5 Å². The highest BCUT2D eigenvalue weighted by Gasteiger charge is 2.25. The lowest BCUT2D eigenvalue weighted by Crippen LogP contribution is -2.47. The molecular formula is C15H20N4O2S. The zero-order valence-corrected chi connectivity index (χ0v) is 13.6. The fourth-order valence-corrected chi connectivity index (χ4v) is 2.52. The molecule has 7 heteroatoms. The van der Waals surface area contributed by atoms with Gasteiger partial charge in [0.2, 0.25) is 0 Å². The standard InChI is InChI=1S/C15H20N4O2S/c1-15(2,3)12(8-20)18-13(21)19-14-17-11(9-22-14)10-5-4-6-16-7-10/h4-7,9,12,20H,8H2,1-3H3,(H2,17,18,19,21)/t12-/m1/s1. The van der Waals surface area contributed by atoms with E-state index >= 15 is 0 Å². The number of hydrogen-bond acceptors (Lipinski definition) is 5. The molecule has 0 aliphatic carbocycles. The van der Waals surface area contributed by atoms with E-state index < -0.39 is 0 Å². The number of amides is 2. The van der Waals surface area contributed by atoms with Crippen molar-refractivity contribution in [3.63, 3.8) is 0 Å². The van der Waals surface area contributed by atoms with Crippen LogP contribution in [-0.2, 0) is 0 Å². The van der Waals surface area contributed by atoms with E-state index in [-0.39, 0.29) is 24.1 Å². The Balaban J connectivity index is 2.00. The first kappa shape index (κ1) is 16.4. The van der Waals surface area contributed by atoms with Crippen molar-refractivity contribution < 1.29 is 9.90 Å². The number of pyridine rings is 1. The van der Waals surface area contributed by atoms with Crippen LogP contribution in [0.25, 0.3) is 11.3 Å². The van der Waals surface area contributed by atoms with Gasteiger partial charge in [0.25, 0.3) is 0 Å². The van der Waals surface area contributed by atoms with Crippen molar-refractivity contribution in [3.8, 4) is 11.3 Å². The molecule has 0 saturated carbocycles. The minimum Gasteiger partial charge on any atom is -0.394 e. The summed E-state index contributed by atoms with van der Waals surface area (Å²) in [6.45, 7) is 5.75. The number of nitrogens with zero attached hydrogens (tertiary/aromatic N) is 2. The summed E-state index contributed by atoms with van der Waals surface area (Å²) < 4.78 is 0. The molecule has 0 radical (unpaired) electrons. The number of nitrogens with one attached hydrogen (secondary N) is 2. The average molecular weight is 320 g/mol. The summed E-state index contributed by atoms with van der Waals surface area (Å²) in [5.41, 5.74) is 1.44. The molecule has 118 valence electrons. The normalized spacial score (nSPS) is 12.7. The highest BCUT2D eigenvalue weighted by atomic mass is 32.1. The van der Waals surface area contributed by atoms with Crippen molar-refractivity contribution in [2.45, 2.75) is 26.8 Å². The van der Waals surface area contributed by atoms with Crippen LogP contribution >= 0.6 is 11.3 Å². The van der Waals surface area contributed by atoms with Crippen LogP contribution < -0.4 is 10.6 Å². The van der Waals surface area contributed by atoms with Crippen molar-refractivity contribution in [3.05, 3.63) is 29.9 Å². The zero-order chi connectivity index (χ0) is 16.2. The molecule has 22 heavy (non-hydrogen) atoms. The number of aromatic nitrogens is 2. The van der Waals surface area contributed by atoms with Crippen molar-refractivity contribution in [1.82, 2.24) is 15.3 Å². The summed E-state index contributed by atoms with van der Waals surface area (Å²) in [7, 11) is 0. The molecular weight excluding hydrogens is 300 g/mol. The highest BCUT2D eigenvalue weighted by Crippen LogP contribution is 2.24. The summed E-state index contributed by atoms with van der Waals surface area (Å²) >= 11 is 1.34. The second kappa shape index (κ2) is 6.85. The van der Waals surface area contributed by atoms with Crippen LogP contribution in [0.5, 0.6) is 0 Å². The molecule has 0 spiro atoms. The Bertz CT molecular complexity index is 622. The van der Waals surface area contributed by atoms with Crippen molar-refractivity contribution >= 4 is 22.5 Å². The first-order valence-electron chi connectivity index (χ1n) is 6.94. The van der Waals surface area contributed by atoms with Crippen LogP contribution in [0.4, 0.5) is 9.93 Å². The fourth-order valence-electron chi connectivity index (χ4n) is 1.81. The van der Waals surface area contributed by atoms with Gasteiger partial charge in [-0.2, -0.15) is 0 Å². The van der Waals surface area contributed by atoms with E-state index in [1.165, 1.54) is 11.3 Å². The maximum absolute atomic E-state index is 12.0. The Kier molecular flexibility index (Phi) is 5.10. The van der Waals surface area contributed by atoms with Gasteiger partial charge in [-0.1, -0.05) is 20.8 Å². The third-order valence-corrected chi connectivity index (χ3v) is 3.97. The van der Waals surface area contributed by atoms with E-state index in [1.807, 2.05) is 38.3 Å². The molecule has 0 saturated heterocycles. The van der Waals surface area contributed by atoms with Gasteiger partial charge in [-0.3, -0.25) is 10.3 Å². The van der Waals surface area contributed by atoms with Crippen LogP contribution in [0.2, 0.25) is 0 Å². The summed E-state index contributed by atoms with van der Waals surface area (Å²) in [6, 6.07) is 3.04. The van der Waals surface area contributed by atoms with Gasteiger partial charge in [0.05, 0.1) is 18.3 Å². The van der Waals surface area contributed by atoms with Crippen LogP contribution in [0.1, 0.15) is 20.8 Å². The van der Waals surface area contributed by atoms with Gasteiger partial charge in [0.1, 0.15) is 0 Å². The number of urea groups is 1. The smallest absolute Gasteiger partial charge is 0.321 e. The van der Waals surface area contributed by atoms with Gasteiger partial charge in [0, 0.05) is 23.3 Å². The van der Waals surface area contributed by atoms with E-state index in [2.05, 4.69) is 20.6 Å². The Hall–Kier alpha value is -1.99. The molecule has 0 aliphatic rings. The Morgan fingerprint density at radius 2 is 2.23 bits per heavy atom. The lowest BCUT2D eigenvalue weighted by Gasteiger charge is -2.29. The Labute approximate surface area is 133 Å². The summed E-state index contributed by atoms with van der Waals surface area (Å²) in [5, 5.41) is 17.2. The van der Waals surface area contributed by atoms with Crippen molar-refractivity contribution in [2.24, 2.45) is 5.41 Å².